The molecule has 0 bridgehead atoms. The van der Waals surface area contributed by atoms with Crippen LogP contribution in [0, 0.1) is 0 Å². The van der Waals surface area contributed by atoms with E-state index in [1.54, 1.807) is 13.8 Å². The molecule has 2 nitrogen and oxygen atoms in total. The molecule has 11 heavy (non-hydrogen) atoms. The van der Waals surface area contributed by atoms with Crippen molar-refractivity contribution in [3.63, 3.8) is 0 Å². The lowest BCUT2D eigenvalue weighted by molar-refractivity contribution is -0.123. The molecule has 0 rings (SSSR count). The van der Waals surface area contributed by atoms with Crippen molar-refractivity contribution in [1.29, 1.82) is 0 Å². The van der Waals surface area contributed by atoms with Gasteiger partial charge in [0, 0.05) is 11.8 Å². The lowest BCUT2D eigenvalue weighted by Crippen LogP contribution is -2.43. The van der Waals surface area contributed by atoms with Gasteiger partial charge in [0.2, 0.25) is 5.91 Å². The summed E-state index contributed by atoms with van der Waals surface area (Å²) < 4.78 is -0.600. The minimum Gasteiger partial charge on any atom is -0.352 e. The van der Waals surface area contributed by atoms with E-state index in [1.807, 2.05) is 6.92 Å². The van der Waals surface area contributed by atoms with Crippen LogP contribution >= 0.6 is 25.3 Å². The Labute approximate surface area is 79.0 Å². The van der Waals surface area contributed by atoms with Gasteiger partial charge in [0.1, 0.15) is 0 Å². The molecule has 0 aliphatic rings. The molecule has 1 amide bonds. The van der Waals surface area contributed by atoms with E-state index in [-0.39, 0.29) is 11.9 Å². The summed E-state index contributed by atoms with van der Waals surface area (Å²) in [4.78, 5) is 11.2. The zero-order valence-corrected chi connectivity index (χ0v) is 8.88. The average molecular weight is 193 g/mol. The lowest BCUT2D eigenvalue weighted by atomic mass is 10.2. The number of hydrogen-bond donors (Lipinski definition) is 3. The summed E-state index contributed by atoms with van der Waals surface area (Å²) in [5.41, 5.74) is 0. The number of rotatable bonds is 3. The second-order valence-electron chi connectivity index (χ2n) is 3.12. The Balaban J connectivity index is 3.88. The van der Waals surface area contributed by atoms with E-state index in [4.69, 9.17) is 0 Å². The number of amides is 1. The van der Waals surface area contributed by atoms with Gasteiger partial charge < -0.3 is 5.32 Å². The first-order valence-electron chi connectivity index (χ1n) is 3.52. The molecule has 0 heterocycles. The van der Waals surface area contributed by atoms with Crippen molar-refractivity contribution in [2.45, 2.75) is 31.6 Å². The molecule has 66 valence electrons. The van der Waals surface area contributed by atoms with Crippen LogP contribution in [0.1, 0.15) is 20.8 Å². The van der Waals surface area contributed by atoms with Crippen LogP contribution in [-0.4, -0.2) is 22.4 Å². The fourth-order valence-electron chi connectivity index (χ4n) is 0.446. The lowest BCUT2D eigenvalue weighted by Gasteiger charge is -2.19. The summed E-state index contributed by atoms with van der Waals surface area (Å²) in [6.45, 7) is 5.43. The third-order valence-electron chi connectivity index (χ3n) is 1.21. The molecule has 0 aromatic rings. The van der Waals surface area contributed by atoms with Crippen LogP contribution in [0.15, 0.2) is 0 Å². The van der Waals surface area contributed by atoms with Gasteiger partial charge in [-0.05, 0) is 20.8 Å². The molecule has 0 aliphatic heterocycles. The van der Waals surface area contributed by atoms with E-state index in [0.717, 1.165) is 0 Å². The highest BCUT2D eigenvalue weighted by molar-refractivity contribution is 7.82. The number of thiol groups is 2. The molecule has 1 atom stereocenters. The molecule has 4 heteroatoms. The minimum atomic E-state index is -0.600. The topological polar surface area (TPSA) is 29.1 Å². The molecule has 0 saturated heterocycles. The van der Waals surface area contributed by atoms with Gasteiger partial charge in [-0.25, -0.2) is 0 Å². The third kappa shape index (κ3) is 4.58. The van der Waals surface area contributed by atoms with Crippen molar-refractivity contribution in [2.24, 2.45) is 0 Å². The standard InChI is InChI=1S/C7H15NOS2/c1-5(4-10)8-6(9)7(2,3)11/h5,10-11H,4H2,1-3H3,(H,8,9). The second-order valence-corrected chi connectivity index (χ2v) is 4.60. The maximum atomic E-state index is 11.2. The van der Waals surface area contributed by atoms with E-state index in [2.05, 4.69) is 30.6 Å². The Kier molecular flexibility index (Phi) is 4.32. The quantitative estimate of drug-likeness (QED) is 0.576. The number of nitrogens with one attached hydrogen (secondary N) is 1. The maximum Gasteiger partial charge on any atom is 0.235 e. The van der Waals surface area contributed by atoms with Crippen molar-refractivity contribution in [2.75, 3.05) is 5.75 Å². The number of hydrogen-bond acceptors (Lipinski definition) is 3. The summed E-state index contributed by atoms with van der Waals surface area (Å²) in [7, 11) is 0. The summed E-state index contributed by atoms with van der Waals surface area (Å²) in [5, 5.41) is 2.78. The van der Waals surface area contributed by atoms with Gasteiger partial charge in [0.15, 0.2) is 0 Å². The molecule has 0 aliphatic carbocycles. The second kappa shape index (κ2) is 4.26. The van der Waals surface area contributed by atoms with E-state index in [9.17, 15) is 4.79 Å². The highest BCUT2D eigenvalue weighted by atomic mass is 32.1. The number of carbonyl (C=O) groups is 1. The van der Waals surface area contributed by atoms with Gasteiger partial charge >= 0.3 is 0 Å². The monoisotopic (exact) mass is 193 g/mol. The van der Waals surface area contributed by atoms with E-state index in [0.29, 0.717) is 5.75 Å². The molecule has 1 N–H and O–H groups in total. The highest BCUT2D eigenvalue weighted by Gasteiger charge is 2.22. The number of carbonyl (C=O) groups excluding carboxylic acids is 1. The normalized spacial score (nSPS) is 14.3. The summed E-state index contributed by atoms with van der Waals surface area (Å²) in [6, 6.07) is 0.109. The largest absolute Gasteiger partial charge is 0.352 e. The molecule has 1 unspecified atom stereocenters. The van der Waals surface area contributed by atoms with Crippen LogP contribution in [0.4, 0.5) is 0 Å². The summed E-state index contributed by atoms with van der Waals surface area (Å²) in [6.07, 6.45) is 0. The van der Waals surface area contributed by atoms with Gasteiger partial charge in [-0.1, -0.05) is 0 Å². The summed E-state index contributed by atoms with van der Waals surface area (Å²) >= 11 is 8.17. The molecule has 0 aromatic carbocycles. The van der Waals surface area contributed by atoms with Gasteiger partial charge in [0.05, 0.1) is 4.75 Å². The fourth-order valence-corrected chi connectivity index (χ4v) is 0.602. The Morgan fingerprint density at radius 3 is 2.36 bits per heavy atom. The van der Waals surface area contributed by atoms with Crippen LogP contribution < -0.4 is 5.32 Å². The Hall–Kier alpha value is 0.170. The Morgan fingerprint density at radius 2 is 2.09 bits per heavy atom. The zero-order valence-electron chi connectivity index (χ0n) is 7.09. The Bertz CT molecular complexity index is 142. The fraction of sp³-hybridized carbons (Fsp3) is 0.857. The predicted molar refractivity (Wildman–Crippen MR) is 54.5 cm³/mol. The van der Waals surface area contributed by atoms with E-state index in [1.165, 1.54) is 0 Å². The summed E-state index contributed by atoms with van der Waals surface area (Å²) in [5.74, 6) is 0.595. The SMILES string of the molecule is CC(CS)NC(=O)C(C)(C)S. The Morgan fingerprint density at radius 1 is 1.64 bits per heavy atom. The van der Waals surface area contributed by atoms with Gasteiger partial charge in [0.25, 0.3) is 0 Å². The first kappa shape index (κ1) is 11.2. The smallest absolute Gasteiger partial charge is 0.235 e. The molecule has 0 aromatic heterocycles. The molecule has 0 radical (unpaired) electrons. The maximum absolute atomic E-state index is 11.2. The molecular weight excluding hydrogens is 178 g/mol. The first-order chi connectivity index (χ1) is 4.88. The van der Waals surface area contributed by atoms with Crippen LogP contribution in [-0.2, 0) is 4.79 Å². The average Bonchev–Trinajstić information content (AvgIpc) is 1.85. The van der Waals surface area contributed by atoms with Crippen molar-refractivity contribution >= 4 is 31.2 Å². The van der Waals surface area contributed by atoms with Crippen molar-refractivity contribution in [3.8, 4) is 0 Å². The van der Waals surface area contributed by atoms with Crippen LogP contribution in [0.5, 0.6) is 0 Å². The van der Waals surface area contributed by atoms with Crippen LogP contribution in [0.25, 0.3) is 0 Å². The third-order valence-corrected chi connectivity index (χ3v) is 1.96. The van der Waals surface area contributed by atoms with Crippen LogP contribution in [0.3, 0.4) is 0 Å². The molecule has 0 spiro atoms. The van der Waals surface area contributed by atoms with Gasteiger partial charge in [-0.2, -0.15) is 25.3 Å². The van der Waals surface area contributed by atoms with Crippen LogP contribution in [0.2, 0.25) is 0 Å². The zero-order chi connectivity index (χ0) is 9.07. The van der Waals surface area contributed by atoms with Crippen molar-refractivity contribution in [1.82, 2.24) is 5.32 Å². The van der Waals surface area contributed by atoms with E-state index < -0.39 is 4.75 Å². The first-order valence-corrected chi connectivity index (χ1v) is 4.60. The van der Waals surface area contributed by atoms with Crippen molar-refractivity contribution in [3.05, 3.63) is 0 Å². The molecule has 0 saturated carbocycles. The van der Waals surface area contributed by atoms with E-state index >= 15 is 0 Å². The molecule has 0 fully saturated rings. The van der Waals surface area contributed by atoms with Crippen molar-refractivity contribution < 1.29 is 4.79 Å². The molecular formula is C7H15NOS2. The highest BCUT2D eigenvalue weighted by Crippen LogP contribution is 2.11. The minimum absolute atomic E-state index is 0.0533. The van der Waals surface area contributed by atoms with Gasteiger partial charge in [-0.3, -0.25) is 4.79 Å². The van der Waals surface area contributed by atoms with Gasteiger partial charge in [-0.15, -0.1) is 0 Å². The predicted octanol–water partition coefficient (Wildman–Crippen LogP) is 1.13.